The van der Waals surface area contributed by atoms with E-state index in [1.807, 2.05) is 49.5 Å². The number of nitrogens with zero attached hydrogens (tertiary/aromatic N) is 9. The van der Waals surface area contributed by atoms with Crippen molar-refractivity contribution in [2.24, 2.45) is 0 Å². The Hall–Kier alpha value is -10.4. The molecular weight excluding hydrogens is 1200 g/mol. The molecule has 15 nitrogen and oxygen atoms in total. The van der Waals surface area contributed by atoms with E-state index in [0.29, 0.717) is 62.0 Å². The maximum Gasteiger partial charge on any atom is 0.416 e. The molecule has 0 bridgehead atoms. The molecule has 468 valence electrons. The molecule has 6 heterocycles. The second-order valence-corrected chi connectivity index (χ2v) is 24.3. The molecule has 0 spiro atoms. The van der Waals surface area contributed by atoms with Crippen LogP contribution in [-0.2, 0) is 25.4 Å². The van der Waals surface area contributed by atoms with Crippen LogP contribution in [-0.4, -0.2) is 61.5 Å². The number of benzene rings is 6. The van der Waals surface area contributed by atoms with Gasteiger partial charge in [-0.3, -0.25) is 14.4 Å². The van der Waals surface area contributed by atoms with Crippen LogP contribution in [0.15, 0.2) is 177 Å². The van der Waals surface area contributed by atoms with Gasteiger partial charge in [0.15, 0.2) is 16.9 Å². The van der Waals surface area contributed by atoms with Gasteiger partial charge in [-0.15, -0.1) is 0 Å². The van der Waals surface area contributed by atoms with Gasteiger partial charge in [-0.1, -0.05) is 141 Å². The van der Waals surface area contributed by atoms with Gasteiger partial charge in [0, 0.05) is 35.3 Å². The van der Waals surface area contributed by atoms with E-state index in [0.717, 1.165) is 84.3 Å². The molecule has 93 heavy (non-hydrogen) atoms. The summed E-state index contributed by atoms with van der Waals surface area (Å²) >= 11 is 6.21. The minimum absolute atomic E-state index is 0.0193. The number of aryl methyl sites for hydroxylation is 6. The molecule has 6 aromatic carbocycles. The van der Waals surface area contributed by atoms with Crippen LogP contribution in [0.5, 0.6) is 0 Å². The summed E-state index contributed by atoms with van der Waals surface area (Å²) < 4.78 is 58.5. The largest absolute Gasteiger partial charge is 0.416 e. The van der Waals surface area contributed by atoms with Crippen molar-refractivity contribution in [1.82, 2.24) is 59.7 Å². The third kappa shape index (κ3) is 12.0. The van der Waals surface area contributed by atoms with Gasteiger partial charge >= 0.3 is 6.18 Å². The topological polar surface area (TPSA) is 178 Å². The van der Waals surface area contributed by atoms with Gasteiger partial charge in [-0.05, 0) is 140 Å². The number of nitrogens with one attached hydrogen (secondary N) is 3. The molecule has 20 heteroatoms. The van der Waals surface area contributed by atoms with Crippen molar-refractivity contribution in [3.05, 3.63) is 266 Å². The Morgan fingerprint density at radius 1 is 0.495 bits per heavy atom. The lowest BCUT2D eigenvalue weighted by Crippen LogP contribution is -2.28. The van der Waals surface area contributed by atoms with Crippen LogP contribution in [0.2, 0.25) is 5.02 Å². The van der Waals surface area contributed by atoms with Crippen molar-refractivity contribution in [2.75, 3.05) is 0 Å². The number of hydrogen-bond acceptors (Lipinski definition) is 9. The summed E-state index contributed by atoms with van der Waals surface area (Å²) in [5.41, 5.74) is 16.4. The van der Waals surface area contributed by atoms with Crippen LogP contribution in [0.1, 0.15) is 150 Å². The van der Waals surface area contributed by atoms with Gasteiger partial charge in [0.1, 0.15) is 5.82 Å². The van der Waals surface area contributed by atoms with Crippen LogP contribution in [0, 0.1) is 26.6 Å². The average Bonchev–Trinajstić information content (AvgIpc) is 2.52. The number of fused-ring (bicyclic) bond motifs is 6. The Bertz CT molecular complexity index is 4860. The highest BCUT2D eigenvalue weighted by Crippen LogP contribution is 2.38. The Kier molecular flexibility index (Phi) is 16.8. The van der Waals surface area contributed by atoms with Crippen molar-refractivity contribution in [1.29, 1.82) is 0 Å². The van der Waals surface area contributed by atoms with E-state index in [9.17, 15) is 31.9 Å². The molecule has 15 rings (SSSR count). The first kappa shape index (κ1) is 61.5. The minimum atomic E-state index is -4.44. The summed E-state index contributed by atoms with van der Waals surface area (Å²) in [6.45, 7) is 9.84. The van der Waals surface area contributed by atoms with Crippen molar-refractivity contribution in [2.45, 2.75) is 103 Å². The lowest BCUT2D eigenvalue weighted by Gasteiger charge is -2.15. The number of rotatable bonds is 10. The third-order valence-electron chi connectivity index (χ3n) is 18.0. The van der Waals surface area contributed by atoms with Crippen LogP contribution in [0.4, 0.5) is 17.6 Å². The molecule has 6 aromatic heterocycles. The molecule has 3 unspecified atom stereocenters. The number of aromatic nitrogens is 9. The quantitative estimate of drug-likeness (QED) is 0.112. The molecule has 3 amide bonds. The van der Waals surface area contributed by atoms with E-state index < -0.39 is 17.6 Å². The predicted octanol–water partition coefficient (Wildman–Crippen LogP) is 15.3. The van der Waals surface area contributed by atoms with Crippen LogP contribution < -0.4 is 16.0 Å². The smallest absolute Gasteiger partial charge is 0.345 e. The Morgan fingerprint density at radius 3 is 1.31 bits per heavy atom. The van der Waals surface area contributed by atoms with E-state index in [-0.39, 0.29) is 46.4 Å². The van der Waals surface area contributed by atoms with Gasteiger partial charge in [0.25, 0.3) is 17.7 Å². The number of carbonyl (C=O) groups is 3. The van der Waals surface area contributed by atoms with Gasteiger partial charge in [-0.2, -0.15) is 28.5 Å². The molecule has 3 N–H and O–H groups in total. The zero-order chi connectivity index (χ0) is 64.8. The molecule has 0 saturated heterocycles. The monoisotopic (exact) mass is 1270 g/mol. The number of halogens is 5. The highest BCUT2D eigenvalue weighted by molar-refractivity contribution is 6.33. The predicted molar refractivity (Wildman–Crippen MR) is 348 cm³/mol. The molecule has 0 saturated carbocycles. The molecule has 0 aliphatic heterocycles. The zero-order valence-electron chi connectivity index (χ0n) is 51.4. The SMILES string of the molecule is Cc1c(C(=O)NC2CCc3ccccc32)cnc2c(-c3c(F)cccc3Cl)cnn12.Cc1c(C(=O)NC2CCc3ccccc32)cnc2c(-c3ccc(C(C)C)cc3)cnn12.Cc1c(C(=O)NC2CCc3ccccc32)cnc2c(-c3cccc(C(F)(F)F)c3)cnn12. The Morgan fingerprint density at radius 2 is 0.892 bits per heavy atom. The van der Waals surface area contributed by atoms with Crippen molar-refractivity contribution in [3.8, 4) is 33.4 Å². The van der Waals surface area contributed by atoms with E-state index in [1.54, 1.807) is 47.3 Å². The van der Waals surface area contributed by atoms with E-state index in [2.05, 4.69) is 121 Å². The first-order valence-electron chi connectivity index (χ1n) is 30.8. The Labute approximate surface area is 537 Å². The van der Waals surface area contributed by atoms with Gasteiger partial charge in [-0.25, -0.2) is 32.9 Å². The van der Waals surface area contributed by atoms with Gasteiger partial charge in [0.2, 0.25) is 0 Å². The maximum atomic E-state index is 14.4. The lowest BCUT2D eigenvalue weighted by molar-refractivity contribution is -0.137. The number of hydrogen-bond donors (Lipinski definition) is 3. The molecule has 0 radical (unpaired) electrons. The van der Waals surface area contributed by atoms with Gasteiger partial charge < -0.3 is 16.0 Å². The van der Waals surface area contributed by atoms with Gasteiger partial charge in [0.05, 0.1) is 86.6 Å². The minimum Gasteiger partial charge on any atom is -0.345 e. The molecule has 0 fully saturated rings. The first-order chi connectivity index (χ1) is 44.9. The summed E-state index contributed by atoms with van der Waals surface area (Å²) in [7, 11) is 0. The fourth-order valence-electron chi connectivity index (χ4n) is 12.9. The van der Waals surface area contributed by atoms with Crippen molar-refractivity contribution in [3.63, 3.8) is 0 Å². The summed E-state index contributed by atoms with van der Waals surface area (Å²) in [5.74, 6) is -0.518. The standard InChI is InChI=1S/C26H26N4O.C24H19F3N4O.C23H18ClFN4O/c1-16(2)18-8-10-20(11-9-18)23-15-28-30-17(3)22(14-27-25(23)30)26(31)29-24-13-12-19-6-4-5-7-21(19)24;1-14-19(23(32)30-21-10-9-15-5-2-3-8-18(15)21)12-28-22-20(13-29-31(14)22)16-6-4-7-17(11-16)24(25,26)27;1-13-16(23(30)28-20-10-9-14-5-2-3-6-15(14)20)11-26-22-17(12-27-29(13)22)21-18(24)7-4-8-19(21)25/h4-11,14-16,24H,12-13H2,1-3H3,(H,29,31);2-8,11-13,21H,9-10H2,1H3,(H,30,32);2-8,11-12,20H,9-10H2,1H3,(H,28,30). The van der Waals surface area contributed by atoms with Crippen molar-refractivity contribution < 1.29 is 31.9 Å². The maximum absolute atomic E-state index is 14.4. The number of carbonyl (C=O) groups excluding carboxylic acids is 3. The fraction of sp³-hybridized carbons (Fsp3) is 0.219. The Balaban J connectivity index is 0.000000127. The summed E-state index contributed by atoms with van der Waals surface area (Å²) in [6.07, 6.45) is 10.5. The average molecular weight is 1270 g/mol. The lowest BCUT2D eigenvalue weighted by atomic mass is 10.00. The second kappa shape index (κ2) is 25.4. The van der Waals surface area contributed by atoms with E-state index >= 15 is 0 Å². The zero-order valence-corrected chi connectivity index (χ0v) is 52.2. The summed E-state index contributed by atoms with van der Waals surface area (Å²) in [5, 5.41) is 22.8. The van der Waals surface area contributed by atoms with Crippen molar-refractivity contribution >= 4 is 46.3 Å². The normalized spacial score (nSPS) is 15.5. The molecule has 3 atom stereocenters. The first-order valence-corrected chi connectivity index (χ1v) is 31.2. The summed E-state index contributed by atoms with van der Waals surface area (Å²) in [4.78, 5) is 52.4. The van der Waals surface area contributed by atoms with E-state index in [4.69, 9.17) is 11.6 Å². The third-order valence-corrected chi connectivity index (χ3v) is 18.3. The molecule has 3 aliphatic rings. The summed E-state index contributed by atoms with van der Waals surface area (Å²) in [6, 6.07) is 42.6. The number of alkyl halides is 3. The van der Waals surface area contributed by atoms with Crippen LogP contribution >= 0.6 is 11.6 Å². The second-order valence-electron chi connectivity index (χ2n) is 23.9. The molecule has 12 aromatic rings. The number of amides is 3. The molecular formula is C73H63ClF4N12O3. The van der Waals surface area contributed by atoms with E-state index in [1.165, 1.54) is 69.3 Å². The highest BCUT2D eigenvalue weighted by atomic mass is 35.5. The highest BCUT2D eigenvalue weighted by Gasteiger charge is 2.32. The van der Waals surface area contributed by atoms with Crippen LogP contribution in [0.25, 0.3) is 50.3 Å². The van der Waals surface area contributed by atoms with Crippen LogP contribution in [0.3, 0.4) is 0 Å². The molecule has 3 aliphatic carbocycles. The fourth-order valence-corrected chi connectivity index (χ4v) is 13.1.